The number of hydrogen-bond donors (Lipinski definition) is 3. The Labute approximate surface area is 144 Å². The molecule has 0 bridgehead atoms. The second kappa shape index (κ2) is 6.76. The summed E-state index contributed by atoms with van der Waals surface area (Å²) in [5.41, 5.74) is 3.10. The van der Waals surface area contributed by atoms with Crippen LogP contribution in [-0.2, 0) is 4.79 Å². The van der Waals surface area contributed by atoms with E-state index in [2.05, 4.69) is 16.0 Å². The number of anilines is 1. The summed E-state index contributed by atoms with van der Waals surface area (Å²) in [5.74, 6) is -0.704. The Balaban J connectivity index is 1.96. The van der Waals surface area contributed by atoms with Crippen LogP contribution in [0, 0.1) is 12.7 Å². The minimum absolute atomic E-state index is 0.325. The number of amides is 3. The minimum Gasteiger partial charge on any atom is -0.327 e. The zero-order chi connectivity index (χ0) is 18.0. The van der Waals surface area contributed by atoms with Crippen LogP contribution in [-0.4, -0.2) is 11.9 Å². The van der Waals surface area contributed by atoms with Crippen LogP contribution in [0.15, 0.2) is 59.8 Å². The number of aryl methyl sites for hydroxylation is 1. The Kier molecular flexibility index (Phi) is 4.52. The van der Waals surface area contributed by atoms with Crippen molar-refractivity contribution in [2.45, 2.75) is 19.9 Å². The van der Waals surface area contributed by atoms with Gasteiger partial charge in [0.15, 0.2) is 0 Å². The summed E-state index contributed by atoms with van der Waals surface area (Å²) in [6.07, 6.45) is 0. The van der Waals surface area contributed by atoms with Crippen molar-refractivity contribution in [3.05, 3.63) is 76.7 Å². The number of benzene rings is 2. The number of nitrogens with one attached hydrogen (secondary N) is 3. The zero-order valence-electron chi connectivity index (χ0n) is 13.9. The fourth-order valence-corrected chi connectivity index (χ4v) is 2.80. The lowest BCUT2D eigenvalue weighted by Crippen LogP contribution is -2.46. The minimum atomic E-state index is -0.654. The molecule has 3 N–H and O–H groups in total. The highest BCUT2D eigenvalue weighted by Crippen LogP contribution is 2.28. The van der Waals surface area contributed by atoms with Gasteiger partial charge >= 0.3 is 6.03 Å². The molecule has 1 aliphatic heterocycles. The summed E-state index contributed by atoms with van der Waals surface area (Å²) < 4.78 is 13.2. The van der Waals surface area contributed by atoms with Crippen LogP contribution in [0.1, 0.15) is 24.1 Å². The highest BCUT2D eigenvalue weighted by molar-refractivity contribution is 6.07. The number of carbonyl (C=O) groups excluding carboxylic acids is 2. The number of urea groups is 1. The second-order valence-corrected chi connectivity index (χ2v) is 5.89. The molecule has 0 fully saturated rings. The number of allylic oxidation sites excluding steroid dienone is 1. The van der Waals surface area contributed by atoms with Gasteiger partial charge in [-0.3, -0.25) is 4.79 Å². The van der Waals surface area contributed by atoms with Crippen molar-refractivity contribution >= 4 is 17.6 Å². The highest BCUT2D eigenvalue weighted by atomic mass is 19.1. The van der Waals surface area contributed by atoms with Gasteiger partial charge in [-0.05, 0) is 43.2 Å². The largest absolute Gasteiger partial charge is 0.327 e. The standard InChI is InChI=1S/C19H18FN3O2/c1-11-5-3-4-6-15(11)22-18(24)16-12(2)21-19(25)23-17(16)13-7-9-14(20)10-8-13/h3-10,17H,1-2H3,(H,22,24)(H2,21,23,25)/t17-/m1/s1. The van der Waals surface area contributed by atoms with Gasteiger partial charge in [-0.15, -0.1) is 0 Å². The van der Waals surface area contributed by atoms with Crippen molar-refractivity contribution < 1.29 is 14.0 Å². The van der Waals surface area contributed by atoms with Crippen molar-refractivity contribution in [3.8, 4) is 0 Å². The second-order valence-electron chi connectivity index (χ2n) is 5.89. The first-order chi connectivity index (χ1) is 12.0. The Morgan fingerprint density at radius 3 is 2.44 bits per heavy atom. The van der Waals surface area contributed by atoms with Crippen LogP contribution < -0.4 is 16.0 Å². The van der Waals surface area contributed by atoms with Crippen molar-refractivity contribution in [3.63, 3.8) is 0 Å². The molecule has 1 heterocycles. The third-order valence-corrected chi connectivity index (χ3v) is 4.11. The Morgan fingerprint density at radius 1 is 1.08 bits per heavy atom. The van der Waals surface area contributed by atoms with E-state index in [9.17, 15) is 14.0 Å². The van der Waals surface area contributed by atoms with Crippen LogP contribution in [0.2, 0.25) is 0 Å². The maximum atomic E-state index is 13.2. The van der Waals surface area contributed by atoms with E-state index in [0.29, 0.717) is 22.5 Å². The van der Waals surface area contributed by atoms with Gasteiger partial charge in [0, 0.05) is 11.4 Å². The molecule has 0 saturated heterocycles. The van der Waals surface area contributed by atoms with Crippen LogP contribution in [0.25, 0.3) is 0 Å². The van der Waals surface area contributed by atoms with Gasteiger partial charge < -0.3 is 16.0 Å². The molecule has 1 aliphatic rings. The van der Waals surface area contributed by atoms with Crippen molar-refractivity contribution in [2.24, 2.45) is 0 Å². The molecule has 5 nitrogen and oxygen atoms in total. The predicted octanol–water partition coefficient (Wildman–Crippen LogP) is 3.40. The molecule has 0 unspecified atom stereocenters. The monoisotopic (exact) mass is 339 g/mol. The Hall–Kier alpha value is -3.15. The van der Waals surface area contributed by atoms with Crippen LogP contribution in [0.3, 0.4) is 0 Å². The van der Waals surface area contributed by atoms with Crippen molar-refractivity contribution in [1.82, 2.24) is 10.6 Å². The number of halogens is 1. The SMILES string of the molecule is CC1=C(C(=O)Nc2ccccc2C)[C@@H](c2ccc(F)cc2)NC(=O)N1. The van der Waals surface area contributed by atoms with Gasteiger partial charge in [-0.2, -0.15) is 0 Å². The molecule has 0 radical (unpaired) electrons. The first kappa shape index (κ1) is 16.7. The predicted molar refractivity (Wildman–Crippen MR) is 93.3 cm³/mol. The lowest BCUT2D eigenvalue weighted by molar-refractivity contribution is -0.113. The Morgan fingerprint density at radius 2 is 1.76 bits per heavy atom. The highest BCUT2D eigenvalue weighted by Gasteiger charge is 2.31. The number of rotatable bonds is 3. The van der Waals surface area contributed by atoms with Crippen LogP contribution in [0.4, 0.5) is 14.9 Å². The maximum absolute atomic E-state index is 13.2. The molecule has 0 aromatic heterocycles. The van der Waals surface area contributed by atoms with Gasteiger partial charge in [0.1, 0.15) is 5.82 Å². The lowest BCUT2D eigenvalue weighted by Gasteiger charge is -2.28. The molecule has 25 heavy (non-hydrogen) atoms. The Bertz CT molecular complexity index is 859. The summed E-state index contributed by atoms with van der Waals surface area (Å²) >= 11 is 0. The molecular weight excluding hydrogens is 321 g/mol. The van der Waals surface area contributed by atoms with Crippen LogP contribution in [0.5, 0.6) is 0 Å². The molecule has 3 rings (SSSR count). The summed E-state index contributed by atoms with van der Waals surface area (Å²) in [6, 6.07) is 12.1. The quantitative estimate of drug-likeness (QED) is 0.802. The molecule has 2 aromatic rings. The average Bonchev–Trinajstić information content (AvgIpc) is 2.57. The van der Waals surface area contributed by atoms with Crippen molar-refractivity contribution in [1.29, 1.82) is 0 Å². The molecule has 1 atom stereocenters. The number of hydrogen-bond acceptors (Lipinski definition) is 2. The van der Waals surface area contributed by atoms with E-state index >= 15 is 0 Å². The molecular formula is C19H18FN3O2. The fraction of sp³-hybridized carbons (Fsp3) is 0.158. The third-order valence-electron chi connectivity index (χ3n) is 4.11. The maximum Gasteiger partial charge on any atom is 0.319 e. The van der Waals surface area contributed by atoms with E-state index in [0.717, 1.165) is 5.56 Å². The summed E-state index contributed by atoms with van der Waals surface area (Å²) in [4.78, 5) is 24.7. The molecule has 2 aromatic carbocycles. The zero-order valence-corrected chi connectivity index (χ0v) is 13.9. The third kappa shape index (κ3) is 3.52. The lowest BCUT2D eigenvalue weighted by atomic mass is 9.94. The van der Waals surface area contributed by atoms with E-state index in [4.69, 9.17) is 0 Å². The smallest absolute Gasteiger partial charge is 0.319 e. The first-order valence-corrected chi connectivity index (χ1v) is 7.86. The summed E-state index contributed by atoms with van der Waals surface area (Å²) in [5, 5.41) is 8.21. The molecule has 3 amide bonds. The molecule has 0 spiro atoms. The van der Waals surface area contributed by atoms with E-state index in [1.165, 1.54) is 12.1 Å². The number of carbonyl (C=O) groups is 2. The molecule has 0 saturated carbocycles. The first-order valence-electron chi connectivity index (χ1n) is 7.86. The normalized spacial score (nSPS) is 16.9. The molecule has 0 aliphatic carbocycles. The van der Waals surface area contributed by atoms with Gasteiger partial charge in [0.25, 0.3) is 5.91 Å². The fourth-order valence-electron chi connectivity index (χ4n) is 2.80. The van der Waals surface area contributed by atoms with Gasteiger partial charge in [0.05, 0.1) is 11.6 Å². The van der Waals surface area contributed by atoms with Crippen molar-refractivity contribution in [2.75, 3.05) is 5.32 Å². The van der Waals surface area contributed by atoms with E-state index < -0.39 is 12.1 Å². The molecule has 128 valence electrons. The van der Waals surface area contributed by atoms with Crippen LogP contribution >= 0.6 is 0 Å². The van der Waals surface area contributed by atoms with Gasteiger partial charge in [-0.1, -0.05) is 30.3 Å². The molecule has 6 heteroatoms. The average molecular weight is 339 g/mol. The van der Waals surface area contributed by atoms with E-state index in [-0.39, 0.29) is 11.7 Å². The summed E-state index contributed by atoms with van der Waals surface area (Å²) in [6.45, 7) is 3.57. The van der Waals surface area contributed by atoms with E-state index in [1.807, 2.05) is 31.2 Å². The number of para-hydroxylation sites is 1. The topological polar surface area (TPSA) is 70.2 Å². The van der Waals surface area contributed by atoms with Gasteiger partial charge in [-0.25, -0.2) is 9.18 Å². The van der Waals surface area contributed by atoms with Gasteiger partial charge in [0.2, 0.25) is 0 Å². The van der Waals surface area contributed by atoms with E-state index in [1.54, 1.807) is 19.1 Å². The summed E-state index contributed by atoms with van der Waals surface area (Å²) in [7, 11) is 0.